The number of likely N-dealkylation sites (tertiary alicyclic amines) is 1. The van der Waals surface area contributed by atoms with Gasteiger partial charge in [-0.05, 0) is 67.9 Å². The third-order valence-electron chi connectivity index (χ3n) is 5.01. The molecule has 3 rings (SSSR count). The molecule has 1 amide bonds. The fourth-order valence-corrected chi connectivity index (χ4v) is 3.63. The number of hydrogen-bond acceptors (Lipinski definition) is 4. The Labute approximate surface area is 175 Å². The third kappa shape index (κ3) is 6.24. The van der Waals surface area contributed by atoms with Crippen LogP contribution in [0.3, 0.4) is 0 Å². The fraction of sp³-hybridized carbons (Fsp3) is 0.409. The molecule has 1 N–H and O–H groups in total. The SMILES string of the molecule is COc1ccc(OCCNC(=O)C2CCN(Cc3ccc(Br)cc3)CC2)cc1. The van der Waals surface area contributed by atoms with E-state index in [0.717, 1.165) is 48.4 Å². The first-order valence-corrected chi connectivity index (χ1v) is 10.4. The number of nitrogens with zero attached hydrogens (tertiary/aromatic N) is 1. The number of carbonyl (C=O) groups excluding carboxylic acids is 1. The maximum atomic E-state index is 12.4. The Morgan fingerprint density at radius 2 is 1.71 bits per heavy atom. The predicted octanol–water partition coefficient (Wildman–Crippen LogP) is 3.86. The smallest absolute Gasteiger partial charge is 0.223 e. The summed E-state index contributed by atoms with van der Waals surface area (Å²) in [5.41, 5.74) is 1.31. The van der Waals surface area contributed by atoms with Gasteiger partial charge in [-0.15, -0.1) is 0 Å². The van der Waals surface area contributed by atoms with Crippen molar-refractivity contribution in [2.24, 2.45) is 5.92 Å². The second kappa shape index (κ2) is 10.5. The van der Waals surface area contributed by atoms with E-state index >= 15 is 0 Å². The van der Waals surface area contributed by atoms with Crippen molar-refractivity contribution in [3.8, 4) is 11.5 Å². The van der Waals surface area contributed by atoms with Gasteiger partial charge in [0.1, 0.15) is 18.1 Å². The zero-order valence-electron chi connectivity index (χ0n) is 16.2. The molecule has 1 aliphatic heterocycles. The molecule has 2 aromatic rings. The van der Waals surface area contributed by atoms with Gasteiger partial charge in [0, 0.05) is 16.9 Å². The number of hydrogen-bond donors (Lipinski definition) is 1. The van der Waals surface area contributed by atoms with Gasteiger partial charge >= 0.3 is 0 Å². The number of benzene rings is 2. The lowest BCUT2D eigenvalue weighted by Crippen LogP contribution is -2.41. The van der Waals surface area contributed by atoms with Crippen molar-refractivity contribution >= 4 is 21.8 Å². The summed E-state index contributed by atoms with van der Waals surface area (Å²) in [6.45, 7) is 3.83. The van der Waals surface area contributed by atoms with Crippen LogP contribution in [0.1, 0.15) is 18.4 Å². The highest BCUT2D eigenvalue weighted by Gasteiger charge is 2.24. The van der Waals surface area contributed by atoms with Crippen LogP contribution in [0.4, 0.5) is 0 Å². The van der Waals surface area contributed by atoms with Crippen molar-refractivity contribution in [2.45, 2.75) is 19.4 Å². The van der Waals surface area contributed by atoms with Crippen LogP contribution in [0.15, 0.2) is 53.0 Å². The van der Waals surface area contributed by atoms with Gasteiger partial charge in [0.05, 0.1) is 13.7 Å². The lowest BCUT2D eigenvalue weighted by Gasteiger charge is -2.31. The predicted molar refractivity (Wildman–Crippen MR) is 114 cm³/mol. The molecule has 0 bridgehead atoms. The van der Waals surface area contributed by atoms with Gasteiger partial charge in [-0.3, -0.25) is 9.69 Å². The minimum atomic E-state index is 0.0992. The summed E-state index contributed by atoms with van der Waals surface area (Å²) < 4.78 is 11.9. The highest BCUT2D eigenvalue weighted by Crippen LogP contribution is 2.20. The van der Waals surface area contributed by atoms with Crippen LogP contribution in [0.25, 0.3) is 0 Å². The van der Waals surface area contributed by atoms with E-state index in [-0.39, 0.29) is 11.8 Å². The molecular weight excluding hydrogens is 420 g/mol. The van der Waals surface area contributed by atoms with Gasteiger partial charge in [0.2, 0.25) is 5.91 Å². The average molecular weight is 447 g/mol. The van der Waals surface area contributed by atoms with Gasteiger partial charge in [0.15, 0.2) is 0 Å². The second-order valence-corrected chi connectivity index (χ2v) is 7.91. The normalized spacial score (nSPS) is 15.2. The molecule has 0 radical (unpaired) electrons. The number of methoxy groups -OCH3 is 1. The minimum absolute atomic E-state index is 0.0992. The summed E-state index contributed by atoms with van der Waals surface area (Å²) in [6, 6.07) is 15.9. The number of piperidine rings is 1. The fourth-order valence-electron chi connectivity index (χ4n) is 3.36. The zero-order chi connectivity index (χ0) is 19.8. The summed E-state index contributed by atoms with van der Waals surface area (Å²) in [4.78, 5) is 14.8. The van der Waals surface area contributed by atoms with Crippen molar-refractivity contribution in [3.05, 3.63) is 58.6 Å². The number of halogens is 1. The van der Waals surface area contributed by atoms with E-state index in [1.807, 2.05) is 24.3 Å². The summed E-state index contributed by atoms with van der Waals surface area (Å²) >= 11 is 3.47. The Morgan fingerprint density at radius 3 is 2.36 bits per heavy atom. The van der Waals surface area contributed by atoms with E-state index in [1.165, 1.54) is 5.56 Å². The summed E-state index contributed by atoms with van der Waals surface area (Å²) in [7, 11) is 1.64. The molecule has 6 heteroatoms. The van der Waals surface area contributed by atoms with E-state index in [9.17, 15) is 4.79 Å². The highest BCUT2D eigenvalue weighted by molar-refractivity contribution is 9.10. The molecule has 0 atom stereocenters. The molecule has 1 saturated heterocycles. The molecule has 2 aromatic carbocycles. The van der Waals surface area contributed by atoms with Gasteiger partial charge in [-0.2, -0.15) is 0 Å². The number of carbonyl (C=O) groups is 1. The quantitative estimate of drug-likeness (QED) is 0.625. The molecule has 0 aromatic heterocycles. The van der Waals surface area contributed by atoms with Crippen LogP contribution in [0, 0.1) is 5.92 Å². The van der Waals surface area contributed by atoms with E-state index < -0.39 is 0 Å². The van der Waals surface area contributed by atoms with Crippen molar-refractivity contribution in [1.82, 2.24) is 10.2 Å². The molecule has 28 heavy (non-hydrogen) atoms. The lowest BCUT2D eigenvalue weighted by atomic mass is 9.95. The summed E-state index contributed by atoms with van der Waals surface area (Å²) in [5, 5.41) is 3.00. The molecule has 0 spiro atoms. The van der Waals surface area contributed by atoms with Crippen LogP contribution < -0.4 is 14.8 Å². The Balaban J connectivity index is 1.32. The molecule has 1 heterocycles. The van der Waals surface area contributed by atoms with Gasteiger partial charge < -0.3 is 14.8 Å². The Hall–Kier alpha value is -2.05. The van der Waals surface area contributed by atoms with E-state index in [1.54, 1.807) is 7.11 Å². The van der Waals surface area contributed by atoms with Crippen LogP contribution in [-0.4, -0.2) is 44.2 Å². The monoisotopic (exact) mass is 446 g/mol. The maximum absolute atomic E-state index is 12.4. The molecular formula is C22H27BrN2O3. The number of nitrogens with one attached hydrogen (secondary N) is 1. The van der Waals surface area contributed by atoms with Crippen LogP contribution in [-0.2, 0) is 11.3 Å². The molecule has 1 fully saturated rings. The van der Waals surface area contributed by atoms with Crippen molar-refractivity contribution in [1.29, 1.82) is 0 Å². The molecule has 0 saturated carbocycles. The number of rotatable bonds is 8. The summed E-state index contributed by atoms with van der Waals surface area (Å²) in [6.07, 6.45) is 1.81. The first-order valence-electron chi connectivity index (χ1n) is 9.65. The Morgan fingerprint density at radius 1 is 1.07 bits per heavy atom. The molecule has 5 nitrogen and oxygen atoms in total. The Bertz CT molecular complexity index is 741. The molecule has 1 aliphatic rings. The summed E-state index contributed by atoms with van der Waals surface area (Å²) in [5.74, 6) is 1.81. The van der Waals surface area contributed by atoms with Gasteiger partial charge in [-0.1, -0.05) is 28.1 Å². The minimum Gasteiger partial charge on any atom is -0.497 e. The molecule has 150 valence electrons. The van der Waals surface area contributed by atoms with Crippen molar-refractivity contribution in [2.75, 3.05) is 33.4 Å². The molecule has 0 unspecified atom stereocenters. The largest absolute Gasteiger partial charge is 0.497 e. The first-order chi connectivity index (χ1) is 13.6. The maximum Gasteiger partial charge on any atom is 0.223 e. The van der Waals surface area contributed by atoms with Crippen LogP contribution >= 0.6 is 15.9 Å². The number of ether oxygens (including phenoxy) is 2. The lowest BCUT2D eigenvalue weighted by molar-refractivity contribution is -0.126. The highest BCUT2D eigenvalue weighted by atomic mass is 79.9. The van der Waals surface area contributed by atoms with Crippen molar-refractivity contribution in [3.63, 3.8) is 0 Å². The average Bonchev–Trinajstić information content (AvgIpc) is 2.73. The van der Waals surface area contributed by atoms with E-state index in [0.29, 0.717) is 13.2 Å². The van der Waals surface area contributed by atoms with Crippen LogP contribution in [0.2, 0.25) is 0 Å². The molecule has 0 aliphatic carbocycles. The number of amides is 1. The van der Waals surface area contributed by atoms with E-state index in [4.69, 9.17) is 9.47 Å². The zero-order valence-corrected chi connectivity index (χ0v) is 17.8. The third-order valence-corrected chi connectivity index (χ3v) is 5.54. The Kier molecular flexibility index (Phi) is 7.74. The first kappa shape index (κ1) is 20.7. The van der Waals surface area contributed by atoms with Crippen LogP contribution in [0.5, 0.6) is 11.5 Å². The second-order valence-electron chi connectivity index (χ2n) is 6.99. The van der Waals surface area contributed by atoms with E-state index in [2.05, 4.69) is 50.4 Å². The van der Waals surface area contributed by atoms with Gasteiger partial charge in [0.25, 0.3) is 0 Å². The van der Waals surface area contributed by atoms with Crippen molar-refractivity contribution < 1.29 is 14.3 Å². The van der Waals surface area contributed by atoms with Gasteiger partial charge in [-0.25, -0.2) is 0 Å². The standard InChI is InChI=1S/C22H27BrN2O3/c1-27-20-6-8-21(9-7-20)28-15-12-24-22(26)18-10-13-25(14-11-18)16-17-2-4-19(23)5-3-17/h2-9,18H,10-16H2,1H3,(H,24,26). The topological polar surface area (TPSA) is 50.8 Å².